The molecule has 0 aliphatic rings. The van der Waals surface area contributed by atoms with Crippen molar-refractivity contribution in [3.05, 3.63) is 48.0 Å². The number of nitrogens with zero attached hydrogens (tertiary/aromatic N) is 2. The minimum absolute atomic E-state index is 0.334. The van der Waals surface area contributed by atoms with Gasteiger partial charge in [-0.1, -0.05) is 6.07 Å². The van der Waals surface area contributed by atoms with Crippen molar-refractivity contribution in [2.75, 3.05) is 6.54 Å². The first-order valence-electron chi connectivity index (χ1n) is 7.02. The number of hydrogen-bond donors (Lipinski definition) is 1. The van der Waals surface area contributed by atoms with E-state index in [4.69, 9.17) is 0 Å². The van der Waals surface area contributed by atoms with Gasteiger partial charge in [0.25, 0.3) is 0 Å². The number of nitrogens with one attached hydrogen (secondary N) is 1. The minimum atomic E-state index is -3.40. The number of rotatable bonds is 7. The number of unbranched alkanes of at least 4 members (excludes halogenated alkanes) is 1. The van der Waals surface area contributed by atoms with E-state index in [1.165, 1.54) is 0 Å². The number of hydrogen-bond acceptors (Lipinski definition) is 3. The van der Waals surface area contributed by atoms with Crippen LogP contribution in [0.1, 0.15) is 24.0 Å². The van der Waals surface area contributed by atoms with Crippen LogP contribution in [0, 0.1) is 13.8 Å². The maximum atomic E-state index is 12.2. The second kappa shape index (κ2) is 6.87. The normalized spacial score (nSPS) is 11.7. The lowest BCUT2D eigenvalue weighted by Crippen LogP contribution is -2.25. The van der Waals surface area contributed by atoms with Gasteiger partial charge in [-0.2, -0.15) is 0 Å². The molecule has 1 aromatic heterocycles. The number of aromatic nitrogens is 2. The summed E-state index contributed by atoms with van der Waals surface area (Å²) in [7, 11) is -3.40. The Balaban J connectivity index is 1.82. The molecule has 0 amide bonds. The van der Waals surface area contributed by atoms with E-state index >= 15 is 0 Å². The van der Waals surface area contributed by atoms with Gasteiger partial charge in [0.2, 0.25) is 10.0 Å². The molecule has 0 atom stereocenters. The predicted molar refractivity (Wildman–Crippen MR) is 82.6 cm³/mol. The van der Waals surface area contributed by atoms with Crippen LogP contribution in [0.25, 0.3) is 0 Å². The first-order chi connectivity index (χ1) is 9.99. The van der Waals surface area contributed by atoms with E-state index in [-0.39, 0.29) is 0 Å². The summed E-state index contributed by atoms with van der Waals surface area (Å²) in [5.41, 5.74) is 2.08. The van der Waals surface area contributed by atoms with Gasteiger partial charge in [-0.3, -0.25) is 0 Å². The van der Waals surface area contributed by atoms with Crippen LogP contribution in [-0.2, 0) is 16.6 Å². The summed E-state index contributed by atoms with van der Waals surface area (Å²) in [6.45, 7) is 5.18. The fourth-order valence-electron chi connectivity index (χ4n) is 2.01. The lowest BCUT2D eigenvalue weighted by Gasteiger charge is -2.09. The molecule has 0 spiro atoms. The van der Waals surface area contributed by atoms with Crippen LogP contribution in [0.15, 0.2) is 41.8 Å². The zero-order valence-corrected chi connectivity index (χ0v) is 13.2. The van der Waals surface area contributed by atoms with Gasteiger partial charge in [-0.05, 0) is 49.9 Å². The van der Waals surface area contributed by atoms with E-state index in [1.54, 1.807) is 24.7 Å². The zero-order chi connectivity index (χ0) is 15.3. The Morgan fingerprint density at radius 2 is 2.00 bits per heavy atom. The number of aryl methyl sites for hydroxylation is 3. The maximum absolute atomic E-state index is 12.2. The van der Waals surface area contributed by atoms with Crippen molar-refractivity contribution in [3.63, 3.8) is 0 Å². The predicted octanol–water partition coefficient (Wildman–Crippen LogP) is 2.26. The lowest BCUT2D eigenvalue weighted by atomic mass is 10.1. The van der Waals surface area contributed by atoms with Crippen LogP contribution in [0.5, 0.6) is 0 Å². The second-order valence-corrected chi connectivity index (χ2v) is 6.92. The van der Waals surface area contributed by atoms with E-state index in [0.717, 1.165) is 30.5 Å². The molecule has 0 aliphatic heterocycles. The molecular formula is C15H21N3O2S. The van der Waals surface area contributed by atoms with Gasteiger partial charge in [0, 0.05) is 25.5 Å². The maximum Gasteiger partial charge on any atom is 0.240 e. The van der Waals surface area contributed by atoms with Crippen molar-refractivity contribution in [2.45, 2.75) is 38.1 Å². The molecule has 1 N–H and O–H groups in total. The van der Waals surface area contributed by atoms with Crippen LogP contribution in [-0.4, -0.2) is 24.5 Å². The van der Waals surface area contributed by atoms with Crippen molar-refractivity contribution in [1.29, 1.82) is 0 Å². The summed E-state index contributed by atoms with van der Waals surface area (Å²) in [5, 5.41) is 0. The fraction of sp³-hybridized carbons (Fsp3) is 0.400. The molecule has 0 saturated carbocycles. The summed E-state index contributed by atoms with van der Waals surface area (Å²) < 4.78 is 29.0. The van der Waals surface area contributed by atoms with Gasteiger partial charge in [0.05, 0.1) is 11.2 Å². The van der Waals surface area contributed by atoms with Crippen molar-refractivity contribution in [2.24, 2.45) is 0 Å². The summed E-state index contributed by atoms with van der Waals surface area (Å²) in [5.74, 6) is 0. The van der Waals surface area contributed by atoms with Gasteiger partial charge in [0.1, 0.15) is 0 Å². The first-order valence-corrected chi connectivity index (χ1v) is 8.50. The molecule has 0 aliphatic carbocycles. The molecule has 21 heavy (non-hydrogen) atoms. The average molecular weight is 307 g/mol. The molecule has 0 bridgehead atoms. The van der Waals surface area contributed by atoms with Gasteiger partial charge in [0.15, 0.2) is 0 Å². The number of benzene rings is 1. The third-order valence-electron chi connectivity index (χ3n) is 3.48. The third-order valence-corrected chi connectivity index (χ3v) is 4.94. The molecule has 0 fully saturated rings. The summed E-state index contributed by atoms with van der Waals surface area (Å²) in [4.78, 5) is 4.30. The first kappa shape index (κ1) is 15.7. The average Bonchev–Trinajstić information content (AvgIpc) is 2.94. The minimum Gasteiger partial charge on any atom is -0.337 e. The Morgan fingerprint density at radius 3 is 2.67 bits per heavy atom. The Hall–Kier alpha value is -1.66. The van der Waals surface area contributed by atoms with E-state index < -0.39 is 10.0 Å². The molecule has 6 heteroatoms. The zero-order valence-electron chi connectivity index (χ0n) is 12.4. The Labute approximate surface area is 126 Å². The van der Waals surface area contributed by atoms with Crippen LogP contribution >= 0.6 is 0 Å². The highest BCUT2D eigenvalue weighted by atomic mass is 32.2. The largest absolute Gasteiger partial charge is 0.337 e. The van der Waals surface area contributed by atoms with Gasteiger partial charge in [-0.15, -0.1) is 0 Å². The van der Waals surface area contributed by atoms with Crippen molar-refractivity contribution in [3.8, 4) is 0 Å². The van der Waals surface area contributed by atoms with Crippen molar-refractivity contribution >= 4 is 10.0 Å². The second-order valence-electron chi connectivity index (χ2n) is 5.15. The molecule has 114 valence electrons. The highest BCUT2D eigenvalue weighted by molar-refractivity contribution is 7.89. The topological polar surface area (TPSA) is 64.0 Å². The summed E-state index contributed by atoms with van der Waals surface area (Å²) in [6.07, 6.45) is 7.11. The van der Waals surface area contributed by atoms with Gasteiger partial charge in [-0.25, -0.2) is 18.1 Å². The van der Waals surface area contributed by atoms with Crippen molar-refractivity contribution < 1.29 is 8.42 Å². The highest BCUT2D eigenvalue weighted by Gasteiger charge is 2.13. The molecule has 2 rings (SSSR count). The molecule has 0 radical (unpaired) electrons. The SMILES string of the molecule is Cc1ccc(S(=O)(=O)NCCCCn2ccnc2)cc1C. The van der Waals surface area contributed by atoms with Crippen molar-refractivity contribution in [1.82, 2.24) is 14.3 Å². The van der Waals surface area contributed by atoms with E-state index in [2.05, 4.69) is 9.71 Å². The van der Waals surface area contributed by atoms with Crippen LogP contribution < -0.4 is 4.72 Å². The Kier molecular flexibility index (Phi) is 5.14. The lowest BCUT2D eigenvalue weighted by molar-refractivity contribution is 0.566. The van der Waals surface area contributed by atoms with Crippen LogP contribution in [0.2, 0.25) is 0 Å². The molecule has 1 aromatic carbocycles. The van der Waals surface area contributed by atoms with Gasteiger partial charge >= 0.3 is 0 Å². The van der Waals surface area contributed by atoms with Crippen LogP contribution in [0.4, 0.5) is 0 Å². The Bertz CT molecular complexity index is 679. The molecule has 0 unspecified atom stereocenters. The summed E-state index contributed by atoms with van der Waals surface area (Å²) >= 11 is 0. The standard InChI is InChI=1S/C15H21N3O2S/c1-13-5-6-15(11-14(13)2)21(19,20)17-7-3-4-9-18-10-8-16-12-18/h5-6,8,10-12,17H,3-4,7,9H2,1-2H3. The molecule has 2 aromatic rings. The molecule has 5 nitrogen and oxygen atoms in total. The van der Waals surface area contributed by atoms with E-state index in [1.807, 2.05) is 30.7 Å². The Morgan fingerprint density at radius 1 is 1.19 bits per heavy atom. The monoisotopic (exact) mass is 307 g/mol. The highest BCUT2D eigenvalue weighted by Crippen LogP contribution is 2.14. The molecular weight excluding hydrogens is 286 g/mol. The van der Waals surface area contributed by atoms with E-state index in [9.17, 15) is 8.42 Å². The van der Waals surface area contributed by atoms with Gasteiger partial charge < -0.3 is 4.57 Å². The quantitative estimate of drug-likeness (QED) is 0.798. The van der Waals surface area contributed by atoms with Crippen LogP contribution in [0.3, 0.4) is 0 Å². The number of sulfonamides is 1. The molecule has 1 heterocycles. The number of imidazole rings is 1. The smallest absolute Gasteiger partial charge is 0.240 e. The third kappa shape index (κ3) is 4.41. The van der Waals surface area contributed by atoms with E-state index in [0.29, 0.717) is 11.4 Å². The summed E-state index contributed by atoms with van der Waals surface area (Å²) in [6, 6.07) is 5.20. The molecule has 0 saturated heterocycles. The fourth-order valence-corrected chi connectivity index (χ4v) is 3.17.